The lowest BCUT2D eigenvalue weighted by molar-refractivity contribution is 1.03. The van der Waals surface area contributed by atoms with Crippen molar-refractivity contribution in [2.24, 2.45) is 9.98 Å². The molecule has 2 aliphatic heterocycles. The first kappa shape index (κ1) is 12.7. The summed E-state index contributed by atoms with van der Waals surface area (Å²) < 4.78 is 0. The summed E-state index contributed by atoms with van der Waals surface area (Å²) in [4.78, 5) is 8.92. The molecule has 102 valence electrons. The number of rotatable bonds is 2. The molecule has 4 heteroatoms. The lowest BCUT2D eigenvalue weighted by atomic mass is 10.0. The molecule has 2 heterocycles. The van der Waals surface area contributed by atoms with Crippen LogP contribution in [0.1, 0.15) is 25.0 Å². The van der Waals surface area contributed by atoms with Crippen molar-refractivity contribution in [1.29, 1.82) is 0 Å². The maximum absolute atomic E-state index is 4.52. The summed E-state index contributed by atoms with van der Waals surface area (Å²) in [6, 6.07) is 8.44. The second-order valence-corrected chi connectivity index (χ2v) is 5.09. The van der Waals surface area contributed by atoms with Gasteiger partial charge in [-0.3, -0.25) is 9.98 Å². The Morgan fingerprint density at radius 2 is 1.60 bits per heavy atom. The maximum Gasteiger partial charge on any atom is 0.132 e. The summed E-state index contributed by atoms with van der Waals surface area (Å²) in [7, 11) is 0. The van der Waals surface area contributed by atoms with Gasteiger partial charge in [0, 0.05) is 18.0 Å². The van der Waals surface area contributed by atoms with Crippen LogP contribution in [0.4, 0.5) is 0 Å². The van der Waals surface area contributed by atoms with Crippen LogP contribution in [0, 0.1) is 0 Å². The number of nitrogens with one attached hydrogen (secondary N) is 2. The van der Waals surface area contributed by atoms with Crippen molar-refractivity contribution in [2.45, 2.75) is 13.8 Å². The summed E-state index contributed by atoms with van der Waals surface area (Å²) in [6.45, 7) is 5.55. The lowest BCUT2D eigenvalue weighted by Gasteiger charge is -2.15. The van der Waals surface area contributed by atoms with Gasteiger partial charge in [0.15, 0.2) is 0 Å². The Hall–Kier alpha value is -2.36. The fourth-order valence-corrected chi connectivity index (χ4v) is 2.16. The molecule has 0 aromatic heterocycles. The molecule has 1 aromatic carbocycles. The largest absolute Gasteiger partial charge is 0.350 e. The van der Waals surface area contributed by atoms with E-state index >= 15 is 0 Å². The molecule has 2 N–H and O–H groups in total. The van der Waals surface area contributed by atoms with Crippen LogP contribution in [0.25, 0.3) is 5.57 Å². The van der Waals surface area contributed by atoms with Crippen molar-refractivity contribution >= 4 is 17.2 Å². The summed E-state index contributed by atoms with van der Waals surface area (Å²) in [5.41, 5.74) is 4.76. The van der Waals surface area contributed by atoms with Gasteiger partial charge >= 0.3 is 0 Å². The van der Waals surface area contributed by atoms with Crippen molar-refractivity contribution in [3.63, 3.8) is 0 Å². The van der Waals surface area contributed by atoms with E-state index in [4.69, 9.17) is 0 Å². The van der Waals surface area contributed by atoms with E-state index in [1.165, 1.54) is 16.7 Å². The second-order valence-electron chi connectivity index (χ2n) is 5.09. The molecular formula is C16H18N4. The van der Waals surface area contributed by atoms with Gasteiger partial charge in [-0.2, -0.15) is 0 Å². The highest BCUT2D eigenvalue weighted by Gasteiger charge is 2.09. The Balaban J connectivity index is 1.76. The van der Waals surface area contributed by atoms with Crippen LogP contribution in [-0.4, -0.2) is 24.8 Å². The minimum absolute atomic E-state index is 0.735. The Labute approximate surface area is 119 Å². The van der Waals surface area contributed by atoms with Crippen LogP contribution in [0.5, 0.6) is 0 Å². The molecule has 2 aliphatic rings. The third kappa shape index (κ3) is 2.64. The average molecular weight is 266 g/mol. The first-order valence-electron chi connectivity index (χ1n) is 6.76. The first-order chi connectivity index (χ1) is 9.72. The molecule has 0 unspecified atom stereocenters. The van der Waals surface area contributed by atoms with Crippen LogP contribution in [0.3, 0.4) is 0 Å². The third-order valence-electron chi connectivity index (χ3n) is 3.41. The van der Waals surface area contributed by atoms with Crippen molar-refractivity contribution < 1.29 is 0 Å². The number of hydrogen-bond donors (Lipinski definition) is 2. The van der Waals surface area contributed by atoms with Crippen molar-refractivity contribution in [3.8, 4) is 0 Å². The zero-order chi connectivity index (χ0) is 13.9. The highest BCUT2D eigenvalue weighted by atomic mass is 15.0. The van der Waals surface area contributed by atoms with Gasteiger partial charge in [-0.25, -0.2) is 0 Å². The van der Waals surface area contributed by atoms with Crippen molar-refractivity contribution in [2.75, 3.05) is 13.1 Å². The summed E-state index contributed by atoms with van der Waals surface area (Å²) in [5, 5.41) is 6.39. The van der Waals surface area contributed by atoms with Gasteiger partial charge in [-0.15, -0.1) is 0 Å². The molecule has 1 aromatic rings. The maximum atomic E-state index is 4.52. The van der Waals surface area contributed by atoms with Crippen molar-refractivity contribution in [3.05, 3.63) is 53.4 Å². The van der Waals surface area contributed by atoms with Gasteiger partial charge < -0.3 is 10.6 Å². The SMILES string of the molecule is CC1=CNC(c2ccc(C3=CNC(C)=NC3)cc2)=NC1. The van der Waals surface area contributed by atoms with Gasteiger partial charge in [0.2, 0.25) is 0 Å². The number of nitrogens with zero attached hydrogens (tertiary/aromatic N) is 2. The van der Waals surface area contributed by atoms with E-state index in [0.29, 0.717) is 0 Å². The van der Waals surface area contributed by atoms with E-state index < -0.39 is 0 Å². The predicted octanol–water partition coefficient (Wildman–Crippen LogP) is 2.30. The first-order valence-corrected chi connectivity index (χ1v) is 6.76. The molecular weight excluding hydrogens is 248 g/mol. The highest BCUT2D eigenvalue weighted by molar-refractivity contribution is 6.00. The Morgan fingerprint density at radius 1 is 0.850 bits per heavy atom. The molecule has 0 fully saturated rings. The van der Waals surface area contributed by atoms with Crippen LogP contribution in [0.2, 0.25) is 0 Å². The number of aliphatic imine (C=N–C) groups is 2. The Kier molecular flexibility index (Phi) is 3.37. The van der Waals surface area contributed by atoms with Crippen LogP contribution in [-0.2, 0) is 0 Å². The fourth-order valence-electron chi connectivity index (χ4n) is 2.16. The van der Waals surface area contributed by atoms with Gasteiger partial charge in [-0.05, 0) is 30.6 Å². The number of amidine groups is 2. The molecule has 0 radical (unpaired) electrons. The average Bonchev–Trinajstić information content (AvgIpc) is 2.49. The molecule has 3 rings (SSSR count). The van der Waals surface area contributed by atoms with Crippen molar-refractivity contribution in [1.82, 2.24) is 10.6 Å². The lowest BCUT2D eigenvalue weighted by Crippen LogP contribution is -2.23. The van der Waals surface area contributed by atoms with Crippen LogP contribution < -0.4 is 10.6 Å². The van der Waals surface area contributed by atoms with Gasteiger partial charge in [0.25, 0.3) is 0 Å². The number of benzene rings is 1. The van der Waals surface area contributed by atoms with E-state index in [1.807, 2.05) is 19.3 Å². The molecule has 20 heavy (non-hydrogen) atoms. The Morgan fingerprint density at radius 3 is 2.20 bits per heavy atom. The molecule has 0 saturated heterocycles. The zero-order valence-electron chi connectivity index (χ0n) is 11.8. The van der Waals surface area contributed by atoms with E-state index in [1.54, 1.807) is 0 Å². The monoisotopic (exact) mass is 266 g/mol. The summed E-state index contributed by atoms with van der Waals surface area (Å²) in [5.74, 6) is 1.90. The third-order valence-corrected chi connectivity index (χ3v) is 3.41. The van der Waals surface area contributed by atoms with E-state index in [-0.39, 0.29) is 0 Å². The molecule has 0 saturated carbocycles. The van der Waals surface area contributed by atoms with Crippen LogP contribution in [0.15, 0.2) is 52.2 Å². The van der Waals surface area contributed by atoms with Gasteiger partial charge in [0.05, 0.1) is 18.9 Å². The normalized spacial score (nSPS) is 18.1. The van der Waals surface area contributed by atoms with E-state index in [9.17, 15) is 0 Å². The predicted molar refractivity (Wildman–Crippen MR) is 83.8 cm³/mol. The smallest absolute Gasteiger partial charge is 0.132 e. The van der Waals surface area contributed by atoms with Gasteiger partial charge in [-0.1, -0.05) is 24.3 Å². The molecule has 4 nitrogen and oxygen atoms in total. The summed E-state index contributed by atoms with van der Waals surface area (Å²) >= 11 is 0. The zero-order valence-corrected chi connectivity index (χ0v) is 11.8. The highest BCUT2D eigenvalue weighted by Crippen LogP contribution is 2.17. The number of hydrogen-bond acceptors (Lipinski definition) is 4. The molecule has 0 amide bonds. The van der Waals surface area contributed by atoms with E-state index in [2.05, 4.69) is 51.8 Å². The molecule has 0 spiro atoms. The topological polar surface area (TPSA) is 48.8 Å². The minimum Gasteiger partial charge on any atom is -0.350 e. The van der Waals surface area contributed by atoms with Gasteiger partial charge in [0.1, 0.15) is 5.84 Å². The quantitative estimate of drug-likeness (QED) is 0.863. The van der Waals surface area contributed by atoms with Crippen LogP contribution >= 0.6 is 0 Å². The standard InChI is InChI=1S/C16H18N4/c1-11-7-19-16(20-8-11)14-5-3-13(4-6-14)15-9-17-12(2)18-10-15/h3-7,9H,8,10H2,1-2H3,(H,17,18)(H,19,20). The second kappa shape index (κ2) is 5.33. The summed E-state index contributed by atoms with van der Waals surface area (Å²) in [6.07, 6.45) is 4.04. The Bertz CT molecular complexity index is 576. The minimum atomic E-state index is 0.735. The molecule has 0 atom stereocenters. The molecule has 0 bridgehead atoms. The fraction of sp³-hybridized carbons (Fsp3) is 0.250. The molecule has 0 aliphatic carbocycles. The van der Waals surface area contributed by atoms with E-state index in [0.717, 1.165) is 30.3 Å².